The second kappa shape index (κ2) is 7.59. The van der Waals surface area contributed by atoms with Gasteiger partial charge in [-0.05, 0) is 24.8 Å². The summed E-state index contributed by atoms with van der Waals surface area (Å²) in [4.78, 5) is 4.08. The summed E-state index contributed by atoms with van der Waals surface area (Å²) in [6, 6.07) is 3.03. The van der Waals surface area contributed by atoms with Crippen molar-refractivity contribution >= 4 is 22.4 Å². The van der Waals surface area contributed by atoms with Gasteiger partial charge in [-0.3, -0.25) is 0 Å². The number of rotatable bonds is 5. The van der Waals surface area contributed by atoms with Crippen molar-refractivity contribution in [1.82, 2.24) is 9.71 Å². The highest BCUT2D eigenvalue weighted by molar-refractivity contribution is 7.89. The lowest BCUT2D eigenvalue weighted by atomic mass is 9.74. The predicted octanol–water partition coefficient (Wildman–Crippen LogP) is 1.70. The molecule has 2 rings (SSSR count). The molecule has 0 bridgehead atoms. The molecule has 1 aliphatic carbocycles. The first-order chi connectivity index (χ1) is 9.93. The van der Waals surface area contributed by atoms with E-state index in [2.05, 4.69) is 16.6 Å². The van der Waals surface area contributed by atoms with Crippen LogP contribution in [0.15, 0.2) is 23.2 Å². The number of methoxy groups -OCH3 is 1. The van der Waals surface area contributed by atoms with Gasteiger partial charge in [0.15, 0.2) is 0 Å². The Bertz CT molecular complexity index is 580. The minimum atomic E-state index is -3.64. The van der Waals surface area contributed by atoms with Gasteiger partial charge in [0.05, 0.1) is 13.3 Å². The molecule has 2 atom stereocenters. The minimum absolute atomic E-state index is 0. The van der Waals surface area contributed by atoms with E-state index < -0.39 is 15.6 Å². The molecule has 0 aliphatic heterocycles. The van der Waals surface area contributed by atoms with E-state index in [0.717, 1.165) is 25.7 Å². The molecule has 6 nitrogen and oxygen atoms in total. The van der Waals surface area contributed by atoms with E-state index in [0.29, 0.717) is 12.4 Å². The molecule has 1 heterocycles. The smallest absolute Gasteiger partial charge is 0.242 e. The van der Waals surface area contributed by atoms with Crippen molar-refractivity contribution < 1.29 is 13.2 Å². The molecule has 0 saturated heterocycles. The Labute approximate surface area is 138 Å². The number of hydrogen-bond acceptors (Lipinski definition) is 5. The summed E-state index contributed by atoms with van der Waals surface area (Å²) >= 11 is 0. The van der Waals surface area contributed by atoms with Crippen molar-refractivity contribution in [3.63, 3.8) is 0 Å². The molecule has 1 fully saturated rings. The van der Waals surface area contributed by atoms with Crippen LogP contribution in [0.25, 0.3) is 0 Å². The SMILES string of the molecule is COc1ccc(S(=O)(=O)NC2(CN)CCCCC2C)cn1.Cl. The fraction of sp³-hybridized carbons (Fsp3) is 0.643. The Morgan fingerprint density at radius 2 is 2.18 bits per heavy atom. The Balaban J connectivity index is 0.00000242. The lowest BCUT2D eigenvalue weighted by Crippen LogP contribution is -2.58. The summed E-state index contributed by atoms with van der Waals surface area (Å²) in [6.45, 7) is 2.36. The summed E-state index contributed by atoms with van der Waals surface area (Å²) in [6.07, 6.45) is 5.17. The van der Waals surface area contributed by atoms with Crippen LogP contribution in [0.5, 0.6) is 5.88 Å². The number of sulfonamides is 1. The second-order valence-corrected chi connectivity index (χ2v) is 7.33. The molecule has 3 N–H and O–H groups in total. The van der Waals surface area contributed by atoms with E-state index in [1.54, 1.807) is 0 Å². The van der Waals surface area contributed by atoms with Gasteiger partial charge >= 0.3 is 0 Å². The number of aromatic nitrogens is 1. The van der Waals surface area contributed by atoms with Gasteiger partial charge in [-0.2, -0.15) is 0 Å². The molecule has 1 saturated carbocycles. The van der Waals surface area contributed by atoms with Gasteiger partial charge in [0.1, 0.15) is 4.90 Å². The van der Waals surface area contributed by atoms with Crippen LogP contribution in [-0.2, 0) is 10.0 Å². The van der Waals surface area contributed by atoms with Gasteiger partial charge in [-0.1, -0.05) is 19.8 Å². The molecular formula is C14H24ClN3O3S. The summed E-state index contributed by atoms with van der Waals surface area (Å²) in [5.41, 5.74) is 5.34. The third-order valence-electron chi connectivity index (χ3n) is 4.38. The molecule has 1 aromatic heterocycles. The van der Waals surface area contributed by atoms with E-state index in [1.807, 2.05) is 0 Å². The zero-order chi connectivity index (χ0) is 15.5. The molecule has 0 radical (unpaired) electrons. The maximum atomic E-state index is 12.6. The second-order valence-electron chi connectivity index (χ2n) is 5.65. The summed E-state index contributed by atoms with van der Waals surface area (Å²) in [5, 5.41) is 0. The van der Waals surface area contributed by atoms with Crippen LogP contribution >= 0.6 is 12.4 Å². The fourth-order valence-corrected chi connectivity index (χ4v) is 4.36. The first-order valence-corrected chi connectivity index (χ1v) is 8.66. The summed E-state index contributed by atoms with van der Waals surface area (Å²) < 4.78 is 32.9. The maximum absolute atomic E-state index is 12.6. The number of hydrogen-bond donors (Lipinski definition) is 2. The van der Waals surface area contributed by atoms with Gasteiger partial charge in [0.25, 0.3) is 0 Å². The number of ether oxygens (including phenoxy) is 1. The monoisotopic (exact) mass is 349 g/mol. The molecule has 126 valence electrons. The minimum Gasteiger partial charge on any atom is -0.481 e. The molecule has 8 heteroatoms. The molecule has 2 unspecified atom stereocenters. The van der Waals surface area contributed by atoms with Gasteiger partial charge in [0.2, 0.25) is 15.9 Å². The first kappa shape index (κ1) is 19.2. The zero-order valence-corrected chi connectivity index (χ0v) is 14.5. The van der Waals surface area contributed by atoms with Crippen LogP contribution in [0, 0.1) is 5.92 Å². The molecule has 0 aromatic carbocycles. The standard InChI is InChI=1S/C14H23N3O3S.ClH/c1-11-5-3-4-8-14(11,10-15)17-21(18,19)12-6-7-13(20-2)16-9-12;/h6-7,9,11,17H,3-5,8,10,15H2,1-2H3;1H. The predicted molar refractivity (Wildman–Crippen MR) is 87.8 cm³/mol. The highest BCUT2D eigenvalue weighted by Gasteiger charge is 2.40. The van der Waals surface area contributed by atoms with Crippen molar-refractivity contribution in [2.75, 3.05) is 13.7 Å². The van der Waals surface area contributed by atoms with Gasteiger partial charge in [-0.25, -0.2) is 18.1 Å². The topological polar surface area (TPSA) is 94.3 Å². The third-order valence-corrected chi connectivity index (χ3v) is 5.92. The van der Waals surface area contributed by atoms with Crippen LogP contribution in [0.4, 0.5) is 0 Å². The normalized spacial score (nSPS) is 25.3. The van der Waals surface area contributed by atoms with Crippen molar-refractivity contribution in [1.29, 1.82) is 0 Å². The Morgan fingerprint density at radius 3 is 2.68 bits per heavy atom. The number of halogens is 1. The maximum Gasteiger partial charge on any atom is 0.242 e. The lowest BCUT2D eigenvalue weighted by Gasteiger charge is -2.42. The van der Waals surface area contributed by atoms with E-state index in [1.165, 1.54) is 25.4 Å². The Hall–Kier alpha value is -0.890. The van der Waals surface area contributed by atoms with Gasteiger partial charge < -0.3 is 10.5 Å². The number of nitrogens with two attached hydrogens (primary N) is 1. The summed E-state index contributed by atoms with van der Waals surface area (Å²) in [5.74, 6) is 0.603. The van der Waals surface area contributed by atoms with E-state index in [4.69, 9.17) is 10.5 Å². The third kappa shape index (κ3) is 3.90. The van der Waals surface area contributed by atoms with E-state index >= 15 is 0 Å². The van der Waals surface area contributed by atoms with Crippen LogP contribution in [0.2, 0.25) is 0 Å². The van der Waals surface area contributed by atoms with Crippen molar-refractivity contribution in [2.45, 2.75) is 43.0 Å². The Morgan fingerprint density at radius 1 is 1.45 bits per heavy atom. The molecule has 0 amide bonds. The molecule has 1 aromatic rings. The average Bonchev–Trinajstić information content (AvgIpc) is 2.49. The first-order valence-electron chi connectivity index (χ1n) is 7.17. The van der Waals surface area contributed by atoms with Gasteiger partial charge in [-0.15, -0.1) is 12.4 Å². The highest BCUT2D eigenvalue weighted by atomic mass is 35.5. The van der Waals surface area contributed by atoms with E-state index in [9.17, 15) is 8.42 Å². The average molecular weight is 350 g/mol. The van der Waals surface area contributed by atoms with Crippen LogP contribution < -0.4 is 15.2 Å². The fourth-order valence-electron chi connectivity index (χ4n) is 2.88. The largest absolute Gasteiger partial charge is 0.481 e. The van der Waals surface area contributed by atoms with Crippen molar-refractivity contribution in [3.8, 4) is 5.88 Å². The number of nitrogens with zero attached hydrogens (tertiary/aromatic N) is 1. The van der Waals surface area contributed by atoms with E-state index in [-0.39, 0.29) is 23.2 Å². The van der Waals surface area contributed by atoms with Gasteiger partial charge in [0, 0.05) is 18.2 Å². The molecule has 22 heavy (non-hydrogen) atoms. The molecule has 1 aliphatic rings. The number of nitrogens with one attached hydrogen (secondary N) is 1. The van der Waals surface area contributed by atoms with Crippen molar-refractivity contribution in [3.05, 3.63) is 18.3 Å². The van der Waals surface area contributed by atoms with Crippen LogP contribution in [0.3, 0.4) is 0 Å². The molecular weight excluding hydrogens is 326 g/mol. The molecule has 0 spiro atoms. The summed E-state index contributed by atoms with van der Waals surface area (Å²) in [7, 11) is -2.15. The van der Waals surface area contributed by atoms with Crippen LogP contribution in [-0.4, -0.2) is 32.6 Å². The number of pyridine rings is 1. The quantitative estimate of drug-likeness (QED) is 0.843. The Kier molecular flexibility index (Phi) is 6.61. The zero-order valence-electron chi connectivity index (χ0n) is 12.9. The lowest BCUT2D eigenvalue weighted by molar-refractivity contribution is 0.191. The van der Waals surface area contributed by atoms with Crippen molar-refractivity contribution in [2.24, 2.45) is 11.7 Å². The highest BCUT2D eigenvalue weighted by Crippen LogP contribution is 2.34. The van der Waals surface area contributed by atoms with Crippen LogP contribution in [0.1, 0.15) is 32.6 Å².